The van der Waals surface area contributed by atoms with Gasteiger partial charge in [0.25, 0.3) is 0 Å². The normalized spacial score (nSPS) is 12.5. The maximum absolute atomic E-state index is 10.3. The van der Waals surface area contributed by atoms with Crippen molar-refractivity contribution >= 4 is 17.2 Å². The molecular formula is C10H16N2O4S. The molecule has 96 valence electrons. The van der Waals surface area contributed by atoms with E-state index in [1.54, 1.807) is 11.3 Å². The first-order valence-corrected chi connectivity index (χ1v) is 5.97. The number of aliphatic hydroxyl groups is 1. The third-order valence-electron chi connectivity index (χ3n) is 1.77. The minimum atomic E-state index is -0.692. The third kappa shape index (κ3) is 7.03. The highest BCUT2D eigenvalue weighted by Gasteiger charge is 2.05. The van der Waals surface area contributed by atoms with Gasteiger partial charge in [0.15, 0.2) is 0 Å². The molecule has 0 aliphatic carbocycles. The predicted octanol–water partition coefficient (Wildman–Crippen LogP) is -0.368. The molecule has 0 bridgehead atoms. The largest absolute Gasteiger partial charge is 0.389 e. The second-order valence-corrected chi connectivity index (χ2v) is 4.38. The van der Waals surface area contributed by atoms with Crippen molar-refractivity contribution in [2.75, 3.05) is 19.8 Å². The van der Waals surface area contributed by atoms with E-state index >= 15 is 0 Å². The zero-order valence-electron chi connectivity index (χ0n) is 9.30. The van der Waals surface area contributed by atoms with Gasteiger partial charge in [0.2, 0.25) is 5.91 Å². The SMILES string of the molecule is NC(=O)CONCC(O)COCc1cccs1. The Morgan fingerprint density at radius 3 is 3.12 bits per heavy atom. The first-order chi connectivity index (χ1) is 8.18. The summed E-state index contributed by atoms with van der Waals surface area (Å²) in [5.41, 5.74) is 7.29. The number of hydrogen-bond donors (Lipinski definition) is 3. The fourth-order valence-corrected chi connectivity index (χ4v) is 1.67. The quantitative estimate of drug-likeness (QED) is 0.416. The van der Waals surface area contributed by atoms with Crippen LogP contribution in [0.5, 0.6) is 0 Å². The van der Waals surface area contributed by atoms with Crippen LogP contribution in [0.2, 0.25) is 0 Å². The third-order valence-corrected chi connectivity index (χ3v) is 2.62. The van der Waals surface area contributed by atoms with E-state index in [9.17, 15) is 9.90 Å². The smallest absolute Gasteiger partial charge is 0.245 e. The van der Waals surface area contributed by atoms with E-state index in [4.69, 9.17) is 10.5 Å². The fourth-order valence-electron chi connectivity index (χ4n) is 1.03. The molecule has 0 radical (unpaired) electrons. The summed E-state index contributed by atoms with van der Waals surface area (Å²) >= 11 is 1.60. The molecule has 0 spiro atoms. The van der Waals surface area contributed by atoms with Gasteiger partial charge < -0.3 is 15.6 Å². The van der Waals surface area contributed by atoms with Crippen LogP contribution >= 0.6 is 11.3 Å². The van der Waals surface area contributed by atoms with Crippen LogP contribution in [0.25, 0.3) is 0 Å². The number of aliphatic hydroxyl groups excluding tert-OH is 1. The molecule has 1 amide bonds. The Hall–Kier alpha value is -0.990. The molecule has 0 fully saturated rings. The molecule has 4 N–H and O–H groups in total. The maximum Gasteiger partial charge on any atom is 0.245 e. The number of hydroxylamine groups is 1. The van der Waals surface area contributed by atoms with Crippen LogP contribution in [-0.2, 0) is 21.0 Å². The molecule has 17 heavy (non-hydrogen) atoms. The monoisotopic (exact) mass is 260 g/mol. The fraction of sp³-hybridized carbons (Fsp3) is 0.500. The molecule has 1 unspecified atom stereocenters. The molecule has 0 aliphatic heterocycles. The summed E-state index contributed by atoms with van der Waals surface area (Å²) in [5, 5.41) is 11.4. The van der Waals surface area contributed by atoms with Crippen molar-refractivity contribution in [2.45, 2.75) is 12.7 Å². The minimum Gasteiger partial charge on any atom is -0.389 e. The van der Waals surface area contributed by atoms with E-state index in [-0.39, 0.29) is 19.8 Å². The van der Waals surface area contributed by atoms with Crippen molar-refractivity contribution in [1.82, 2.24) is 5.48 Å². The topological polar surface area (TPSA) is 93.8 Å². The molecular weight excluding hydrogens is 244 g/mol. The van der Waals surface area contributed by atoms with Crippen LogP contribution in [0.1, 0.15) is 4.88 Å². The molecule has 0 saturated carbocycles. The van der Waals surface area contributed by atoms with Gasteiger partial charge in [-0.2, -0.15) is 5.48 Å². The van der Waals surface area contributed by atoms with Gasteiger partial charge in [0.05, 0.1) is 19.3 Å². The van der Waals surface area contributed by atoms with Crippen LogP contribution < -0.4 is 11.2 Å². The number of hydrogen-bond acceptors (Lipinski definition) is 6. The van der Waals surface area contributed by atoms with Crippen LogP contribution in [0.4, 0.5) is 0 Å². The molecule has 1 rings (SSSR count). The zero-order valence-corrected chi connectivity index (χ0v) is 10.1. The van der Waals surface area contributed by atoms with Gasteiger partial charge in [-0.05, 0) is 11.4 Å². The number of nitrogens with one attached hydrogen (secondary N) is 1. The van der Waals surface area contributed by atoms with Gasteiger partial charge in [-0.25, -0.2) is 0 Å². The van der Waals surface area contributed by atoms with E-state index in [2.05, 4.69) is 10.3 Å². The Morgan fingerprint density at radius 1 is 1.65 bits per heavy atom. The zero-order chi connectivity index (χ0) is 12.5. The molecule has 1 heterocycles. The maximum atomic E-state index is 10.3. The van der Waals surface area contributed by atoms with Crippen LogP contribution in [0.3, 0.4) is 0 Å². The standard InChI is InChI=1S/C10H16N2O4S/c11-10(14)7-16-12-4-8(13)5-15-6-9-2-1-3-17-9/h1-3,8,12-13H,4-7H2,(H2,11,14). The first-order valence-electron chi connectivity index (χ1n) is 5.09. The van der Waals surface area contributed by atoms with Crippen LogP contribution in [0.15, 0.2) is 17.5 Å². The lowest BCUT2D eigenvalue weighted by molar-refractivity contribution is -0.126. The van der Waals surface area contributed by atoms with Crippen LogP contribution in [-0.4, -0.2) is 36.9 Å². The molecule has 0 saturated heterocycles. The summed E-state index contributed by atoms with van der Waals surface area (Å²) in [7, 11) is 0. The van der Waals surface area contributed by atoms with Gasteiger partial charge in [-0.15, -0.1) is 11.3 Å². The highest BCUT2D eigenvalue weighted by atomic mass is 32.1. The Balaban J connectivity index is 1.97. The Morgan fingerprint density at radius 2 is 2.47 bits per heavy atom. The van der Waals surface area contributed by atoms with Gasteiger partial charge in [0, 0.05) is 11.4 Å². The summed E-state index contributed by atoms with van der Waals surface area (Å²) in [6.45, 7) is 0.641. The summed E-state index contributed by atoms with van der Waals surface area (Å²) in [5.74, 6) is -0.569. The van der Waals surface area contributed by atoms with E-state index in [0.29, 0.717) is 6.61 Å². The van der Waals surface area contributed by atoms with Crippen molar-refractivity contribution in [3.63, 3.8) is 0 Å². The number of carbonyl (C=O) groups excluding carboxylic acids is 1. The Labute approximate surface area is 103 Å². The second-order valence-electron chi connectivity index (χ2n) is 3.35. The number of ether oxygens (including phenoxy) is 1. The summed E-state index contributed by atoms with van der Waals surface area (Å²) < 4.78 is 5.29. The number of carbonyl (C=O) groups is 1. The van der Waals surface area contributed by atoms with Gasteiger partial charge in [-0.1, -0.05) is 6.07 Å². The molecule has 7 heteroatoms. The average molecular weight is 260 g/mol. The van der Waals surface area contributed by atoms with Crippen molar-refractivity contribution < 1.29 is 19.5 Å². The van der Waals surface area contributed by atoms with Gasteiger partial charge in [0.1, 0.15) is 6.61 Å². The molecule has 0 aromatic carbocycles. The van der Waals surface area contributed by atoms with Crippen molar-refractivity contribution in [2.24, 2.45) is 5.73 Å². The Kier molecular flexibility index (Phi) is 6.75. The lowest BCUT2D eigenvalue weighted by Crippen LogP contribution is -2.33. The number of thiophene rings is 1. The number of nitrogens with two attached hydrogens (primary N) is 1. The summed E-state index contributed by atoms with van der Waals surface area (Å²) in [6.07, 6.45) is -0.692. The summed E-state index contributed by atoms with van der Waals surface area (Å²) in [4.78, 5) is 16.1. The van der Waals surface area contributed by atoms with E-state index < -0.39 is 12.0 Å². The molecule has 1 aromatic rings. The predicted molar refractivity (Wildman–Crippen MR) is 63.1 cm³/mol. The molecule has 1 atom stereocenters. The minimum absolute atomic E-state index is 0.178. The van der Waals surface area contributed by atoms with E-state index in [0.717, 1.165) is 4.88 Å². The number of rotatable bonds is 9. The molecule has 0 aliphatic rings. The van der Waals surface area contributed by atoms with Crippen molar-refractivity contribution in [1.29, 1.82) is 0 Å². The van der Waals surface area contributed by atoms with Crippen LogP contribution in [0, 0.1) is 0 Å². The second kappa shape index (κ2) is 8.15. The number of primary amides is 1. The van der Waals surface area contributed by atoms with Crippen molar-refractivity contribution in [3.05, 3.63) is 22.4 Å². The van der Waals surface area contributed by atoms with Gasteiger partial charge >= 0.3 is 0 Å². The molecule has 1 aromatic heterocycles. The lowest BCUT2D eigenvalue weighted by atomic mass is 10.4. The van der Waals surface area contributed by atoms with E-state index in [1.807, 2.05) is 17.5 Å². The first kappa shape index (κ1) is 14.1. The molecule has 6 nitrogen and oxygen atoms in total. The van der Waals surface area contributed by atoms with Crippen molar-refractivity contribution in [3.8, 4) is 0 Å². The van der Waals surface area contributed by atoms with Gasteiger partial charge in [-0.3, -0.25) is 9.63 Å². The highest BCUT2D eigenvalue weighted by molar-refractivity contribution is 7.09. The average Bonchev–Trinajstić information content (AvgIpc) is 2.77. The lowest BCUT2D eigenvalue weighted by Gasteiger charge is -2.11. The van der Waals surface area contributed by atoms with E-state index in [1.165, 1.54) is 0 Å². The Bertz CT molecular complexity index is 318. The number of amides is 1. The highest BCUT2D eigenvalue weighted by Crippen LogP contribution is 2.09. The summed E-state index contributed by atoms with van der Waals surface area (Å²) in [6, 6.07) is 3.91.